The topological polar surface area (TPSA) is 83.4 Å². The zero-order chi connectivity index (χ0) is 13.2. The van der Waals surface area contributed by atoms with Crippen molar-refractivity contribution in [3.8, 4) is 22.9 Å². The summed E-state index contributed by atoms with van der Waals surface area (Å²) in [7, 11) is 0. The molecule has 19 heavy (non-hydrogen) atoms. The van der Waals surface area contributed by atoms with Crippen molar-refractivity contribution in [2.45, 2.75) is 13.0 Å². The molecular weight excluding hydrogens is 270 g/mol. The van der Waals surface area contributed by atoms with Crippen LogP contribution in [0.3, 0.4) is 0 Å². The first-order valence-electron chi connectivity index (χ1n) is 5.90. The average Bonchev–Trinajstić information content (AvgIpc) is 2.77. The van der Waals surface area contributed by atoms with Gasteiger partial charge in [-0.25, -0.2) is 0 Å². The molecule has 2 aromatic rings. The van der Waals surface area contributed by atoms with E-state index >= 15 is 0 Å². The van der Waals surface area contributed by atoms with Gasteiger partial charge in [-0.15, -0.1) is 0 Å². The number of nitrogens with zero attached hydrogens (tertiary/aromatic N) is 2. The molecule has 0 saturated carbocycles. The fourth-order valence-electron chi connectivity index (χ4n) is 1.81. The molecule has 7 heteroatoms. The highest BCUT2D eigenvalue weighted by molar-refractivity contribution is 6.32. The third kappa shape index (κ3) is 2.36. The summed E-state index contributed by atoms with van der Waals surface area (Å²) in [5, 5.41) is 4.32. The van der Waals surface area contributed by atoms with Gasteiger partial charge in [0.05, 0.1) is 24.8 Å². The largest absolute Gasteiger partial charge is 0.489 e. The SMILES string of the molecule is NCc1nc(-c2cc(Cl)c3c(c2)OCCCO3)no1. The van der Waals surface area contributed by atoms with Crippen LogP contribution in [0.15, 0.2) is 16.7 Å². The lowest BCUT2D eigenvalue weighted by Gasteiger charge is -2.09. The maximum atomic E-state index is 6.19. The second-order valence-corrected chi connectivity index (χ2v) is 4.46. The second-order valence-electron chi connectivity index (χ2n) is 4.05. The lowest BCUT2D eigenvalue weighted by molar-refractivity contribution is 0.297. The van der Waals surface area contributed by atoms with E-state index in [-0.39, 0.29) is 6.54 Å². The van der Waals surface area contributed by atoms with Gasteiger partial charge in [-0.1, -0.05) is 16.8 Å². The smallest absolute Gasteiger partial charge is 0.240 e. The Morgan fingerprint density at radius 1 is 1.26 bits per heavy atom. The molecule has 1 aliphatic rings. The summed E-state index contributed by atoms with van der Waals surface area (Å²) in [6.45, 7) is 1.38. The summed E-state index contributed by atoms with van der Waals surface area (Å²) in [4.78, 5) is 4.15. The standard InChI is InChI=1S/C12H12ClN3O3/c13-8-4-7(12-15-10(6-14)19-16-12)5-9-11(8)18-3-1-2-17-9/h4-5H,1-3,6,14H2. The number of nitrogens with two attached hydrogens (primary N) is 1. The van der Waals surface area contributed by atoms with Crippen LogP contribution in [0.2, 0.25) is 5.02 Å². The second kappa shape index (κ2) is 5.07. The molecule has 0 saturated heterocycles. The average molecular weight is 282 g/mol. The fourth-order valence-corrected chi connectivity index (χ4v) is 2.08. The summed E-state index contributed by atoms with van der Waals surface area (Å²) in [6.07, 6.45) is 0.819. The Kier molecular flexibility index (Phi) is 3.27. The van der Waals surface area contributed by atoms with Gasteiger partial charge in [0.1, 0.15) is 0 Å². The van der Waals surface area contributed by atoms with Crippen LogP contribution in [0.25, 0.3) is 11.4 Å². The minimum atomic E-state index is 0.200. The first kappa shape index (κ1) is 12.3. The third-order valence-electron chi connectivity index (χ3n) is 2.70. The molecule has 3 rings (SSSR count). The predicted octanol–water partition coefficient (Wildman–Crippen LogP) is 2.01. The third-order valence-corrected chi connectivity index (χ3v) is 2.98. The molecule has 0 unspecified atom stereocenters. The van der Waals surface area contributed by atoms with Gasteiger partial charge in [0.25, 0.3) is 0 Å². The summed E-state index contributed by atoms with van der Waals surface area (Å²) in [6, 6.07) is 3.51. The van der Waals surface area contributed by atoms with Crippen LogP contribution < -0.4 is 15.2 Å². The van der Waals surface area contributed by atoms with E-state index in [2.05, 4.69) is 10.1 Å². The Bertz CT molecular complexity index is 600. The van der Waals surface area contributed by atoms with Crippen molar-refractivity contribution in [2.24, 2.45) is 5.73 Å². The molecule has 100 valence electrons. The zero-order valence-corrected chi connectivity index (χ0v) is 10.8. The molecule has 0 radical (unpaired) electrons. The normalized spacial score (nSPS) is 14.2. The number of aromatic nitrogens is 2. The van der Waals surface area contributed by atoms with Crippen molar-refractivity contribution in [3.63, 3.8) is 0 Å². The number of ether oxygens (including phenoxy) is 2. The van der Waals surface area contributed by atoms with Gasteiger partial charge in [-0.3, -0.25) is 0 Å². The Labute approximate surface area is 114 Å². The lowest BCUT2D eigenvalue weighted by Crippen LogP contribution is -1.97. The van der Waals surface area contributed by atoms with E-state index in [0.717, 1.165) is 6.42 Å². The summed E-state index contributed by atoms with van der Waals surface area (Å²) in [5.41, 5.74) is 6.14. The van der Waals surface area contributed by atoms with Crippen molar-refractivity contribution < 1.29 is 14.0 Å². The molecule has 6 nitrogen and oxygen atoms in total. The van der Waals surface area contributed by atoms with Crippen molar-refractivity contribution in [1.82, 2.24) is 10.1 Å². The van der Waals surface area contributed by atoms with Crippen molar-refractivity contribution in [3.05, 3.63) is 23.0 Å². The van der Waals surface area contributed by atoms with E-state index in [0.29, 0.717) is 47.0 Å². The quantitative estimate of drug-likeness (QED) is 0.906. The molecule has 0 atom stereocenters. The summed E-state index contributed by atoms with van der Waals surface area (Å²) >= 11 is 6.19. The van der Waals surface area contributed by atoms with Crippen molar-refractivity contribution in [1.29, 1.82) is 0 Å². The first-order valence-corrected chi connectivity index (χ1v) is 6.28. The minimum absolute atomic E-state index is 0.200. The lowest BCUT2D eigenvalue weighted by atomic mass is 10.2. The van der Waals surface area contributed by atoms with Gasteiger partial charge in [-0.2, -0.15) is 4.98 Å². The molecule has 0 amide bonds. The molecule has 0 bridgehead atoms. The van der Waals surface area contributed by atoms with Crippen LogP contribution in [-0.4, -0.2) is 23.4 Å². The Hall–Kier alpha value is -1.79. The Morgan fingerprint density at radius 2 is 2.11 bits per heavy atom. The predicted molar refractivity (Wildman–Crippen MR) is 68.2 cm³/mol. The molecule has 0 fully saturated rings. The van der Waals surface area contributed by atoms with Crippen LogP contribution in [0, 0.1) is 0 Å². The molecule has 2 N–H and O–H groups in total. The Morgan fingerprint density at radius 3 is 2.89 bits per heavy atom. The van der Waals surface area contributed by atoms with Gasteiger partial charge in [0, 0.05) is 12.0 Å². The minimum Gasteiger partial charge on any atom is -0.489 e. The van der Waals surface area contributed by atoms with E-state index in [1.54, 1.807) is 12.1 Å². The van der Waals surface area contributed by atoms with E-state index < -0.39 is 0 Å². The number of hydrogen-bond acceptors (Lipinski definition) is 6. The number of benzene rings is 1. The molecular formula is C12H12ClN3O3. The highest BCUT2D eigenvalue weighted by atomic mass is 35.5. The van der Waals surface area contributed by atoms with Crippen molar-refractivity contribution >= 4 is 11.6 Å². The highest BCUT2D eigenvalue weighted by Gasteiger charge is 2.18. The fraction of sp³-hybridized carbons (Fsp3) is 0.333. The number of halogens is 1. The van der Waals surface area contributed by atoms with Crippen LogP contribution >= 0.6 is 11.6 Å². The summed E-state index contributed by atoms with van der Waals surface area (Å²) in [5.74, 6) is 1.96. The maximum absolute atomic E-state index is 6.19. The molecule has 1 aromatic carbocycles. The maximum Gasteiger partial charge on any atom is 0.240 e. The molecule has 1 aromatic heterocycles. The Balaban J connectivity index is 2.03. The van der Waals surface area contributed by atoms with E-state index in [1.807, 2.05) is 0 Å². The highest BCUT2D eigenvalue weighted by Crippen LogP contribution is 2.40. The number of fused-ring (bicyclic) bond motifs is 1. The van der Waals surface area contributed by atoms with Crippen molar-refractivity contribution in [2.75, 3.05) is 13.2 Å². The first-order chi connectivity index (χ1) is 9.28. The molecule has 2 heterocycles. The van der Waals surface area contributed by atoms with Gasteiger partial charge >= 0.3 is 0 Å². The molecule has 0 spiro atoms. The van der Waals surface area contributed by atoms with Gasteiger partial charge in [-0.05, 0) is 12.1 Å². The van der Waals surface area contributed by atoms with Gasteiger partial charge in [0.2, 0.25) is 11.7 Å². The monoisotopic (exact) mass is 281 g/mol. The van der Waals surface area contributed by atoms with E-state index in [1.165, 1.54) is 0 Å². The van der Waals surface area contributed by atoms with E-state index in [9.17, 15) is 0 Å². The number of rotatable bonds is 2. The molecule has 1 aliphatic heterocycles. The number of hydrogen-bond donors (Lipinski definition) is 1. The molecule has 0 aliphatic carbocycles. The van der Waals surface area contributed by atoms with Crippen LogP contribution in [0.5, 0.6) is 11.5 Å². The zero-order valence-electron chi connectivity index (χ0n) is 10.1. The van der Waals surface area contributed by atoms with Crippen LogP contribution in [0.4, 0.5) is 0 Å². The van der Waals surface area contributed by atoms with Crippen LogP contribution in [-0.2, 0) is 6.54 Å². The van der Waals surface area contributed by atoms with Gasteiger partial charge in [0.15, 0.2) is 11.5 Å². The van der Waals surface area contributed by atoms with Crippen LogP contribution in [0.1, 0.15) is 12.3 Å². The van der Waals surface area contributed by atoms with Gasteiger partial charge < -0.3 is 19.7 Å². The van der Waals surface area contributed by atoms with E-state index in [4.69, 9.17) is 31.3 Å². The summed E-state index contributed by atoms with van der Waals surface area (Å²) < 4.78 is 16.1.